The van der Waals surface area contributed by atoms with Gasteiger partial charge < -0.3 is 15.4 Å². The quantitative estimate of drug-likeness (QED) is 0.807. The molecule has 6 heteroatoms. The van der Waals surface area contributed by atoms with Crippen LogP contribution in [-0.4, -0.2) is 29.2 Å². The number of ether oxygens (including phenoxy) is 1. The normalized spacial score (nSPS) is 17.1. The molecular weight excluding hydrogens is 354 g/mol. The molecular formula is C22H31N3O3. The molecule has 2 N–H and O–H groups in total. The van der Waals surface area contributed by atoms with Gasteiger partial charge in [0.1, 0.15) is 17.2 Å². The Morgan fingerprint density at radius 1 is 1.18 bits per heavy atom. The van der Waals surface area contributed by atoms with Gasteiger partial charge in [0, 0.05) is 6.42 Å². The van der Waals surface area contributed by atoms with Crippen LogP contribution in [0, 0.1) is 18.3 Å². The maximum absolute atomic E-state index is 13.1. The van der Waals surface area contributed by atoms with E-state index in [0.717, 1.165) is 30.4 Å². The molecule has 2 rings (SSSR count). The highest BCUT2D eigenvalue weighted by molar-refractivity contribution is 5.90. The Morgan fingerprint density at radius 3 is 2.32 bits per heavy atom. The molecule has 1 aromatic carbocycles. The lowest BCUT2D eigenvalue weighted by atomic mass is 9.80. The number of nitrogens with zero attached hydrogens (tertiary/aromatic N) is 1. The highest BCUT2D eigenvalue weighted by Gasteiger charge is 2.42. The summed E-state index contributed by atoms with van der Waals surface area (Å²) in [6.07, 6.45) is 3.62. The molecule has 0 saturated heterocycles. The zero-order valence-corrected chi connectivity index (χ0v) is 17.3. The van der Waals surface area contributed by atoms with Crippen molar-refractivity contribution in [3.63, 3.8) is 0 Å². The highest BCUT2D eigenvalue weighted by atomic mass is 16.6. The molecule has 6 nitrogen and oxygen atoms in total. The van der Waals surface area contributed by atoms with Crippen LogP contribution in [0.3, 0.4) is 0 Å². The zero-order chi connectivity index (χ0) is 20.8. The number of aryl methyl sites for hydroxylation is 1. The lowest BCUT2D eigenvalue weighted by Crippen LogP contribution is -2.61. The summed E-state index contributed by atoms with van der Waals surface area (Å²) in [6, 6.07) is 9.40. The SMILES string of the molecule is Cc1ccc(C[C@@H](C#N)NC(=O)C2(NC(=O)OC(C)(C)C)CCCCC2)cc1. The molecule has 1 saturated carbocycles. The molecule has 0 unspecified atom stereocenters. The third-order valence-corrected chi connectivity index (χ3v) is 4.90. The number of benzene rings is 1. The molecule has 2 amide bonds. The Hall–Kier alpha value is -2.55. The average molecular weight is 386 g/mol. The lowest BCUT2D eigenvalue weighted by Gasteiger charge is -2.37. The van der Waals surface area contributed by atoms with Crippen molar-refractivity contribution in [1.82, 2.24) is 10.6 Å². The molecule has 1 fully saturated rings. The Balaban J connectivity index is 2.09. The topological polar surface area (TPSA) is 91.2 Å². The number of carbonyl (C=O) groups is 2. The monoisotopic (exact) mass is 385 g/mol. The number of hydrogen-bond acceptors (Lipinski definition) is 4. The first-order valence-corrected chi connectivity index (χ1v) is 9.91. The van der Waals surface area contributed by atoms with Gasteiger partial charge in [0.25, 0.3) is 0 Å². The smallest absolute Gasteiger partial charge is 0.408 e. The fourth-order valence-electron chi connectivity index (χ4n) is 3.45. The highest BCUT2D eigenvalue weighted by Crippen LogP contribution is 2.29. The van der Waals surface area contributed by atoms with Gasteiger partial charge in [-0.3, -0.25) is 4.79 Å². The Bertz CT molecular complexity index is 723. The minimum atomic E-state index is -1.02. The average Bonchev–Trinajstić information content (AvgIpc) is 2.62. The van der Waals surface area contributed by atoms with Crippen LogP contribution in [0.15, 0.2) is 24.3 Å². The molecule has 0 spiro atoms. The molecule has 0 heterocycles. The maximum Gasteiger partial charge on any atom is 0.408 e. The van der Waals surface area contributed by atoms with Gasteiger partial charge in [0.05, 0.1) is 6.07 Å². The summed E-state index contributed by atoms with van der Waals surface area (Å²) in [6.45, 7) is 7.36. The van der Waals surface area contributed by atoms with Crippen LogP contribution in [0.25, 0.3) is 0 Å². The van der Waals surface area contributed by atoms with Crippen molar-refractivity contribution < 1.29 is 14.3 Å². The minimum absolute atomic E-state index is 0.309. The van der Waals surface area contributed by atoms with E-state index in [1.165, 1.54) is 0 Å². The van der Waals surface area contributed by atoms with E-state index in [-0.39, 0.29) is 5.91 Å². The number of alkyl carbamates (subject to hydrolysis) is 1. The van der Waals surface area contributed by atoms with E-state index in [9.17, 15) is 14.9 Å². The van der Waals surface area contributed by atoms with Gasteiger partial charge in [-0.2, -0.15) is 5.26 Å². The summed E-state index contributed by atoms with van der Waals surface area (Å²) in [7, 11) is 0. The van der Waals surface area contributed by atoms with E-state index in [0.29, 0.717) is 19.3 Å². The fourth-order valence-corrected chi connectivity index (χ4v) is 3.45. The number of carbonyl (C=O) groups excluding carboxylic acids is 2. The van der Waals surface area contributed by atoms with Crippen molar-refractivity contribution in [3.8, 4) is 6.07 Å². The first-order chi connectivity index (χ1) is 13.1. The van der Waals surface area contributed by atoms with Crippen molar-refractivity contribution in [3.05, 3.63) is 35.4 Å². The van der Waals surface area contributed by atoms with E-state index < -0.39 is 23.3 Å². The lowest BCUT2D eigenvalue weighted by molar-refractivity contribution is -0.129. The van der Waals surface area contributed by atoms with E-state index in [1.807, 2.05) is 31.2 Å². The number of nitrogens with one attached hydrogen (secondary N) is 2. The first kappa shape index (κ1) is 21.7. The molecule has 0 bridgehead atoms. The summed E-state index contributed by atoms with van der Waals surface area (Å²) < 4.78 is 5.36. The summed E-state index contributed by atoms with van der Waals surface area (Å²) in [5.41, 5.74) is 0.458. The second kappa shape index (κ2) is 9.09. The molecule has 1 atom stereocenters. The molecule has 152 valence electrons. The Morgan fingerprint density at radius 2 is 1.79 bits per heavy atom. The summed E-state index contributed by atoms with van der Waals surface area (Å²) >= 11 is 0. The van der Waals surface area contributed by atoms with Crippen LogP contribution < -0.4 is 10.6 Å². The molecule has 1 aliphatic rings. The van der Waals surface area contributed by atoms with Gasteiger partial charge in [-0.25, -0.2) is 4.79 Å². The predicted octanol–water partition coefficient (Wildman–Crippen LogP) is 3.77. The van der Waals surface area contributed by atoms with E-state index in [1.54, 1.807) is 20.8 Å². The molecule has 1 aromatic rings. The zero-order valence-electron chi connectivity index (χ0n) is 17.3. The summed E-state index contributed by atoms with van der Waals surface area (Å²) in [4.78, 5) is 25.4. The predicted molar refractivity (Wildman–Crippen MR) is 108 cm³/mol. The number of amides is 2. The largest absolute Gasteiger partial charge is 0.444 e. The Labute approximate surface area is 167 Å². The van der Waals surface area contributed by atoms with Crippen LogP contribution in [0.4, 0.5) is 4.79 Å². The van der Waals surface area contributed by atoms with Gasteiger partial charge in [-0.15, -0.1) is 0 Å². The molecule has 0 radical (unpaired) electrons. The third kappa shape index (κ3) is 6.26. The van der Waals surface area contributed by atoms with Crippen LogP contribution in [0.1, 0.15) is 64.0 Å². The first-order valence-electron chi connectivity index (χ1n) is 9.91. The van der Waals surface area contributed by atoms with Gasteiger partial charge in [0.15, 0.2) is 0 Å². The standard InChI is InChI=1S/C22H31N3O3/c1-16-8-10-17(11-9-16)14-18(15-23)24-19(26)22(12-6-5-7-13-22)25-20(27)28-21(2,3)4/h8-11,18H,5-7,12-14H2,1-4H3,(H,24,26)(H,25,27)/t18-/m0/s1. The van der Waals surface area contributed by atoms with E-state index in [2.05, 4.69) is 16.7 Å². The van der Waals surface area contributed by atoms with Gasteiger partial charge >= 0.3 is 6.09 Å². The van der Waals surface area contributed by atoms with Crippen LogP contribution in [-0.2, 0) is 16.0 Å². The maximum atomic E-state index is 13.1. The van der Waals surface area contributed by atoms with E-state index in [4.69, 9.17) is 4.74 Å². The minimum Gasteiger partial charge on any atom is -0.444 e. The third-order valence-electron chi connectivity index (χ3n) is 4.90. The van der Waals surface area contributed by atoms with Crippen molar-refractivity contribution in [2.24, 2.45) is 0 Å². The van der Waals surface area contributed by atoms with E-state index >= 15 is 0 Å². The molecule has 1 aliphatic carbocycles. The summed E-state index contributed by atoms with van der Waals surface area (Å²) in [5, 5.41) is 15.2. The van der Waals surface area contributed by atoms with Gasteiger partial charge in [-0.1, -0.05) is 49.1 Å². The van der Waals surface area contributed by atoms with Crippen LogP contribution in [0.5, 0.6) is 0 Å². The van der Waals surface area contributed by atoms with Crippen LogP contribution in [0.2, 0.25) is 0 Å². The number of rotatable bonds is 5. The summed E-state index contributed by atoms with van der Waals surface area (Å²) in [5.74, 6) is -0.309. The molecule has 0 aromatic heterocycles. The number of hydrogen-bond donors (Lipinski definition) is 2. The van der Waals surface area contributed by atoms with Crippen molar-refractivity contribution in [1.29, 1.82) is 5.26 Å². The number of nitriles is 1. The Kier molecular flexibility index (Phi) is 7.06. The van der Waals surface area contributed by atoms with Gasteiger partial charge in [0.2, 0.25) is 5.91 Å². The second-order valence-electron chi connectivity index (χ2n) is 8.61. The van der Waals surface area contributed by atoms with Crippen molar-refractivity contribution >= 4 is 12.0 Å². The van der Waals surface area contributed by atoms with Crippen molar-refractivity contribution in [2.75, 3.05) is 0 Å². The van der Waals surface area contributed by atoms with Crippen molar-refractivity contribution in [2.45, 2.75) is 83.4 Å². The second-order valence-corrected chi connectivity index (χ2v) is 8.61. The van der Waals surface area contributed by atoms with Gasteiger partial charge in [-0.05, 0) is 46.1 Å². The fraction of sp³-hybridized carbons (Fsp3) is 0.591. The van der Waals surface area contributed by atoms with Crippen LogP contribution >= 0.6 is 0 Å². The molecule has 28 heavy (non-hydrogen) atoms. The molecule has 0 aliphatic heterocycles.